The molecule has 0 radical (unpaired) electrons. The molecule has 0 unspecified atom stereocenters. The highest BCUT2D eigenvalue weighted by Gasteiger charge is 2.18. The molecule has 6 heteroatoms. The first-order chi connectivity index (χ1) is 7.11. The van der Waals surface area contributed by atoms with Crippen LogP contribution in [-0.4, -0.2) is 4.98 Å². The van der Waals surface area contributed by atoms with Crippen molar-refractivity contribution < 1.29 is 0 Å². The van der Waals surface area contributed by atoms with E-state index in [4.69, 9.17) is 17.3 Å². The lowest BCUT2D eigenvalue weighted by molar-refractivity contribution is 1.31. The summed E-state index contributed by atoms with van der Waals surface area (Å²) in [5.41, 5.74) is 4.49. The molecule has 15 heavy (non-hydrogen) atoms. The van der Waals surface area contributed by atoms with E-state index >= 15 is 0 Å². The average Bonchev–Trinajstić information content (AvgIpc) is 2.26. The van der Waals surface area contributed by atoms with Crippen LogP contribution < -0.4 is 21.9 Å². The zero-order valence-corrected chi connectivity index (χ0v) is 8.21. The number of nitrogens with one attached hydrogen (secondary N) is 1. The predicted octanol–water partition coefficient (Wildman–Crippen LogP) is 0.657. The SMILES string of the molecule is Nc1c(Nc2cccnc2Cl)c(=O)c1=O. The van der Waals surface area contributed by atoms with Crippen molar-refractivity contribution in [2.45, 2.75) is 0 Å². The van der Waals surface area contributed by atoms with Crippen LogP contribution in [0.3, 0.4) is 0 Å². The Labute approximate surface area is 89.2 Å². The first kappa shape index (κ1) is 9.67. The topological polar surface area (TPSA) is 85.1 Å². The van der Waals surface area contributed by atoms with Crippen LogP contribution in [0.2, 0.25) is 5.15 Å². The Morgan fingerprint density at radius 2 is 2.07 bits per heavy atom. The number of nitrogen functional groups attached to an aromatic ring is 1. The van der Waals surface area contributed by atoms with E-state index in [-0.39, 0.29) is 16.5 Å². The second-order valence-electron chi connectivity index (χ2n) is 2.91. The van der Waals surface area contributed by atoms with Crippen molar-refractivity contribution in [2.75, 3.05) is 11.1 Å². The lowest BCUT2D eigenvalue weighted by Gasteiger charge is -2.10. The molecule has 5 nitrogen and oxygen atoms in total. The minimum atomic E-state index is -0.669. The fraction of sp³-hybridized carbons (Fsp3) is 0. The van der Waals surface area contributed by atoms with Crippen molar-refractivity contribution in [3.8, 4) is 0 Å². The maximum absolute atomic E-state index is 11.1. The number of hydrogen-bond acceptors (Lipinski definition) is 5. The van der Waals surface area contributed by atoms with E-state index in [9.17, 15) is 9.59 Å². The highest BCUT2D eigenvalue weighted by atomic mass is 35.5. The van der Waals surface area contributed by atoms with Crippen molar-refractivity contribution in [2.24, 2.45) is 0 Å². The summed E-state index contributed by atoms with van der Waals surface area (Å²) in [4.78, 5) is 25.7. The second-order valence-corrected chi connectivity index (χ2v) is 3.27. The maximum atomic E-state index is 11.1. The van der Waals surface area contributed by atoms with E-state index in [0.29, 0.717) is 5.69 Å². The van der Waals surface area contributed by atoms with E-state index in [1.807, 2.05) is 0 Å². The zero-order valence-electron chi connectivity index (χ0n) is 7.45. The minimum Gasteiger partial charge on any atom is -0.394 e. The Morgan fingerprint density at radius 1 is 1.33 bits per heavy atom. The number of nitrogens with two attached hydrogens (primary N) is 1. The van der Waals surface area contributed by atoms with Crippen molar-refractivity contribution in [1.82, 2.24) is 4.98 Å². The van der Waals surface area contributed by atoms with Gasteiger partial charge in [0.05, 0.1) is 5.69 Å². The lowest BCUT2D eigenvalue weighted by atomic mass is 10.2. The van der Waals surface area contributed by atoms with Crippen molar-refractivity contribution >= 4 is 28.7 Å². The maximum Gasteiger partial charge on any atom is 0.253 e. The molecule has 0 aliphatic carbocycles. The number of halogens is 1. The molecule has 1 aromatic heterocycles. The van der Waals surface area contributed by atoms with Crippen LogP contribution in [0.4, 0.5) is 17.1 Å². The third kappa shape index (κ3) is 1.46. The highest BCUT2D eigenvalue weighted by molar-refractivity contribution is 6.32. The molecular formula is C9H6ClN3O2. The van der Waals surface area contributed by atoms with Gasteiger partial charge < -0.3 is 11.1 Å². The van der Waals surface area contributed by atoms with E-state index in [2.05, 4.69) is 10.3 Å². The first-order valence-corrected chi connectivity index (χ1v) is 4.45. The minimum absolute atomic E-state index is 0.0695. The van der Waals surface area contributed by atoms with E-state index in [0.717, 1.165) is 0 Å². The average molecular weight is 224 g/mol. The molecular weight excluding hydrogens is 218 g/mol. The van der Waals surface area contributed by atoms with Crippen LogP contribution in [0.5, 0.6) is 0 Å². The Morgan fingerprint density at radius 3 is 2.67 bits per heavy atom. The molecule has 0 saturated heterocycles. The number of hydrogen-bond donors (Lipinski definition) is 2. The summed E-state index contributed by atoms with van der Waals surface area (Å²) in [6.07, 6.45) is 1.51. The third-order valence-corrected chi connectivity index (χ3v) is 2.27. The first-order valence-electron chi connectivity index (χ1n) is 4.07. The van der Waals surface area contributed by atoms with Gasteiger partial charge in [-0.25, -0.2) is 4.98 Å². The van der Waals surface area contributed by atoms with Gasteiger partial charge in [-0.15, -0.1) is 0 Å². The van der Waals surface area contributed by atoms with E-state index < -0.39 is 10.9 Å². The third-order valence-electron chi connectivity index (χ3n) is 1.97. The summed E-state index contributed by atoms with van der Waals surface area (Å²) in [6, 6.07) is 3.28. The normalized spacial score (nSPS) is 10.5. The summed E-state index contributed by atoms with van der Waals surface area (Å²) in [5.74, 6) is 0. The van der Waals surface area contributed by atoms with Crippen molar-refractivity contribution in [3.63, 3.8) is 0 Å². The van der Waals surface area contributed by atoms with Crippen molar-refractivity contribution in [1.29, 1.82) is 0 Å². The Hall–Kier alpha value is -1.88. The molecule has 0 aliphatic heterocycles. The predicted molar refractivity (Wildman–Crippen MR) is 58.3 cm³/mol. The Kier molecular flexibility index (Phi) is 2.17. The molecule has 0 aliphatic rings. The smallest absolute Gasteiger partial charge is 0.253 e. The largest absolute Gasteiger partial charge is 0.394 e. The second kappa shape index (κ2) is 3.36. The molecule has 1 heterocycles. The summed E-state index contributed by atoms with van der Waals surface area (Å²) in [5, 5.41) is 2.88. The fourth-order valence-electron chi connectivity index (χ4n) is 1.15. The number of pyridine rings is 1. The molecule has 0 bridgehead atoms. The van der Waals surface area contributed by atoms with Crippen LogP contribution in [0, 0.1) is 0 Å². The van der Waals surface area contributed by atoms with Gasteiger partial charge >= 0.3 is 0 Å². The summed E-state index contributed by atoms with van der Waals surface area (Å²) < 4.78 is 0. The molecule has 1 aromatic carbocycles. The molecule has 0 fully saturated rings. The van der Waals surface area contributed by atoms with Gasteiger partial charge in [0.15, 0.2) is 5.15 Å². The molecule has 3 N–H and O–H groups in total. The van der Waals surface area contributed by atoms with Gasteiger partial charge in [0, 0.05) is 6.20 Å². The molecule has 76 valence electrons. The number of anilines is 3. The summed E-state index contributed by atoms with van der Waals surface area (Å²) >= 11 is 5.75. The molecule has 0 spiro atoms. The standard InChI is InChI=1S/C9H6ClN3O2/c10-9-4(2-1-3-12-9)13-6-5(11)7(14)8(6)15/h1-3,13H,11H2. The zero-order chi connectivity index (χ0) is 11.0. The molecule has 2 aromatic rings. The van der Waals surface area contributed by atoms with Crippen LogP contribution in [0.15, 0.2) is 27.9 Å². The van der Waals surface area contributed by atoms with Gasteiger partial charge in [0.2, 0.25) is 0 Å². The fourth-order valence-corrected chi connectivity index (χ4v) is 1.31. The molecule has 2 rings (SSSR count). The Bertz CT molecular complexity index is 587. The van der Waals surface area contributed by atoms with E-state index in [1.54, 1.807) is 12.1 Å². The Balaban J connectivity index is 2.36. The summed E-state index contributed by atoms with van der Waals surface area (Å²) in [7, 11) is 0. The number of nitrogens with zero attached hydrogens (tertiary/aromatic N) is 1. The van der Waals surface area contributed by atoms with Crippen LogP contribution in [0.25, 0.3) is 0 Å². The van der Waals surface area contributed by atoms with Gasteiger partial charge in [0.25, 0.3) is 10.9 Å². The monoisotopic (exact) mass is 223 g/mol. The molecule has 0 saturated carbocycles. The highest BCUT2D eigenvalue weighted by Crippen LogP contribution is 2.23. The van der Waals surface area contributed by atoms with Gasteiger partial charge in [0.1, 0.15) is 11.4 Å². The quantitative estimate of drug-likeness (QED) is 0.577. The van der Waals surface area contributed by atoms with Crippen LogP contribution in [-0.2, 0) is 0 Å². The van der Waals surface area contributed by atoms with Crippen molar-refractivity contribution in [3.05, 3.63) is 43.9 Å². The van der Waals surface area contributed by atoms with Crippen LogP contribution in [0.1, 0.15) is 0 Å². The van der Waals surface area contributed by atoms with Crippen LogP contribution >= 0.6 is 11.6 Å². The molecule has 0 atom stereocenters. The van der Waals surface area contributed by atoms with Gasteiger partial charge in [-0.3, -0.25) is 9.59 Å². The van der Waals surface area contributed by atoms with Gasteiger partial charge in [-0.2, -0.15) is 0 Å². The van der Waals surface area contributed by atoms with Gasteiger partial charge in [-0.05, 0) is 12.1 Å². The lowest BCUT2D eigenvalue weighted by Crippen LogP contribution is -2.36. The van der Waals surface area contributed by atoms with Gasteiger partial charge in [-0.1, -0.05) is 11.6 Å². The number of rotatable bonds is 2. The number of aromatic nitrogens is 1. The summed E-state index contributed by atoms with van der Waals surface area (Å²) in [6.45, 7) is 0. The van der Waals surface area contributed by atoms with E-state index in [1.165, 1.54) is 6.20 Å². The molecule has 0 amide bonds.